The molecule has 1 heterocycles. The van der Waals surface area contributed by atoms with Crippen molar-refractivity contribution in [2.24, 2.45) is 0 Å². The van der Waals surface area contributed by atoms with Gasteiger partial charge in [-0.05, 0) is 30.7 Å². The predicted octanol–water partition coefficient (Wildman–Crippen LogP) is 4.40. The molecule has 0 atom stereocenters. The van der Waals surface area contributed by atoms with E-state index in [1.807, 2.05) is 6.07 Å². The number of nitrogens with one attached hydrogen (secondary N) is 1. The number of aromatic nitrogens is 2. The second-order valence-corrected chi connectivity index (χ2v) is 6.15. The fraction of sp³-hybridized carbons (Fsp3) is 0.412. The largest absolute Gasteiger partial charge is 0.370 e. The van der Waals surface area contributed by atoms with Gasteiger partial charge in [0.15, 0.2) is 5.82 Å². The first-order chi connectivity index (χ1) is 9.90. The molecule has 4 heteroatoms. The first kappa shape index (κ1) is 15.4. The van der Waals surface area contributed by atoms with Crippen molar-refractivity contribution < 1.29 is 4.39 Å². The molecule has 2 rings (SSSR count). The molecule has 1 aromatic heterocycles. The molecular formula is C17H22FN3. The highest BCUT2D eigenvalue weighted by molar-refractivity contribution is 5.58. The summed E-state index contributed by atoms with van der Waals surface area (Å²) in [6.07, 6.45) is 1.03. The SMILES string of the molecule is CCCNc1cc(C(C)(C)C)nc(-c2ccc(F)cc2)n1. The van der Waals surface area contributed by atoms with E-state index >= 15 is 0 Å². The van der Waals surface area contributed by atoms with Crippen molar-refractivity contribution in [3.63, 3.8) is 0 Å². The van der Waals surface area contributed by atoms with E-state index in [0.29, 0.717) is 5.82 Å². The minimum Gasteiger partial charge on any atom is -0.370 e. The Labute approximate surface area is 125 Å². The summed E-state index contributed by atoms with van der Waals surface area (Å²) in [5.41, 5.74) is 1.72. The first-order valence-electron chi connectivity index (χ1n) is 7.29. The Kier molecular flexibility index (Phi) is 4.56. The third-order valence-electron chi connectivity index (χ3n) is 3.15. The van der Waals surface area contributed by atoms with Gasteiger partial charge in [0.25, 0.3) is 0 Å². The zero-order valence-corrected chi connectivity index (χ0v) is 13.1. The van der Waals surface area contributed by atoms with Crippen molar-refractivity contribution in [1.29, 1.82) is 0 Å². The number of rotatable bonds is 4. The van der Waals surface area contributed by atoms with Gasteiger partial charge in [-0.15, -0.1) is 0 Å². The van der Waals surface area contributed by atoms with Gasteiger partial charge in [-0.2, -0.15) is 0 Å². The minimum absolute atomic E-state index is 0.0691. The molecule has 0 fully saturated rings. The Balaban J connectivity index is 2.46. The summed E-state index contributed by atoms with van der Waals surface area (Å²) in [7, 11) is 0. The van der Waals surface area contributed by atoms with Gasteiger partial charge in [0.2, 0.25) is 0 Å². The highest BCUT2D eigenvalue weighted by atomic mass is 19.1. The fourth-order valence-corrected chi connectivity index (χ4v) is 1.90. The monoisotopic (exact) mass is 287 g/mol. The fourth-order valence-electron chi connectivity index (χ4n) is 1.90. The molecule has 0 bridgehead atoms. The zero-order valence-electron chi connectivity index (χ0n) is 13.1. The van der Waals surface area contributed by atoms with Crippen molar-refractivity contribution in [2.45, 2.75) is 39.5 Å². The lowest BCUT2D eigenvalue weighted by molar-refractivity contribution is 0.568. The molecule has 0 saturated heterocycles. The summed E-state index contributed by atoms with van der Waals surface area (Å²) in [5, 5.41) is 3.30. The number of hydrogen-bond donors (Lipinski definition) is 1. The van der Waals surface area contributed by atoms with Gasteiger partial charge in [0, 0.05) is 23.6 Å². The third-order valence-corrected chi connectivity index (χ3v) is 3.15. The van der Waals surface area contributed by atoms with Crippen LogP contribution in [0.1, 0.15) is 39.8 Å². The van der Waals surface area contributed by atoms with E-state index in [1.165, 1.54) is 12.1 Å². The van der Waals surface area contributed by atoms with E-state index in [2.05, 4.69) is 43.0 Å². The van der Waals surface area contributed by atoms with Crippen LogP contribution in [-0.2, 0) is 5.41 Å². The highest BCUT2D eigenvalue weighted by Crippen LogP contribution is 2.25. The molecule has 2 aromatic rings. The third kappa shape index (κ3) is 4.00. The Hall–Kier alpha value is -1.97. The van der Waals surface area contributed by atoms with Gasteiger partial charge in [-0.25, -0.2) is 14.4 Å². The van der Waals surface area contributed by atoms with E-state index in [9.17, 15) is 4.39 Å². The number of halogens is 1. The molecule has 0 saturated carbocycles. The van der Waals surface area contributed by atoms with Crippen LogP contribution in [0.4, 0.5) is 10.2 Å². The summed E-state index contributed by atoms with van der Waals surface area (Å²) >= 11 is 0. The molecule has 0 spiro atoms. The lowest BCUT2D eigenvalue weighted by atomic mass is 9.91. The van der Waals surface area contributed by atoms with Crippen LogP contribution in [0.25, 0.3) is 11.4 Å². The average molecular weight is 287 g/mol. The quantitative estimate of drug-likeness (QED) is 0.905. The van der Waals surface area contributed by atoms with E-state index in [1.54, 1.807) is 12.1 Å². The van der Waals surface area contributed by atoms with Gasteiger partial charge in [-0.1, -0.05) is 27.7 Å². The molecular weight excluding hydrogens is 265 g/mol. The van der Waals surface area contributed by atoms with Crippen molar-refractivity contribution in [1.82, 2.24) is 9.97 Å². The number of hydrogen-bond acceptors (Lipinski definition) is 3. The van der Waals surface area contributed by atoms with Gasteiger partial charge < -0.3 is 5.32 Å². The molecule has 0 unspecified atom stereocenters. The maximum Gasteiger partial charge on any atom is 0.161 e. The second-order valence-electron chi connectivity index (χ2n) is 6.15. The van der Waals surface area contributed by atoms with Crippen LogP contribution < -0.4 is 5.32 Å². The van der Waals surface area contributed by atoms with Crippen molar-refractivity contribution in [2.75, 3.05) is 11.9 Å². The molecule has 21 heavy (non-hydrogen) atoms. The molecule has 0 radical (unpaired) electrons. The molecule has 3 nitrogen and oxygen atoms in total. The van der Waals surface area contributed by atoms with E-state index in [-0.39, 0.29) is 11.2 Å². The molecule has 0 aliphatic heterocycles. The Morgan fingerprint density at radius 1 is 1.10 bits per heavy atom. The first-order valence-corrected chi connectivity index (χ1v) is 7.29. The van der Waals surface area contributed by atoms with Crippen molar-refractivity contribution in [3.05, 3.63) is 41.8 Å². The highest BCUT2D eigenvalue weighted by Gasteiger charge is 2.18. The van der Waals surface area contributed by atoms with Crippen LogP contribution in [0.15, 0.2) is 30.3 Å². The van der Waals surface area contributed by atoms with E-state index < -0.39 is 0 Å². The average Bonchev–Trinajstić information content (AvgIpc) is 2.44. The van der Waals surface area contributed by atoms with Crippen LogP contribution in [0.5, 0.6) is 0 Å². The maximum absolute atomic E-state index is 13.1. The van der Waals surface area contributed by atoms with Gasteiger partial charge >= 0.3 is 0 Å². The van der Waals surface area contributed by atoms with Crippen LogP contribution in [0.2, 0.25) is 0 Å². The molecule has 0 amide bonds. The number of benzene rings is 1. The van der Waals surface area contributed by atoms with E-state index in [4.69, 9.17) is 0 Å². The summed E-state index contributed by atoms with van der Waals surface area (Å²) < 4.78 is 13.1. The molecule has 1 aromatic carbocycles. The second kappa shape index (κ2) is 6.20. The smallest absolute Gasteiger partial charge is 0.161 e. The van der Waals surface area contributed by atoms with Gasteiger partial charge in [-0.3, -0.25) is 0 Å². The molecule has 112 valence electrons. The maximum atomic E-state index is 13.1. The summed E-state index contributed by atoms with van der Waals surface area (Å²) in [6.45, 7) is 9.33. The van der Waals surface area contributed by atoms with Crippen LogP contribution in [0, 0.1) is 5.82 Å². The Morgan fingerprint density at radius 3 is 2.33 bits per heavy atom. The molecule has 1 N–H and O–H groups in total. The van der Waals surface area contributed by atoms with Gasteiger partial charge in [0.1, 0.15) is 11.6 Å². The Morgan fingerprint density at radius 2 is 1.76 bits per heavy atom. The van der Waals surface area contributed by atoms with Gasteiger partial charge in [0.05, 0.1) is 5.69 Å². The standard InChI is InChI=1S/C17H22FN3/c1-5-10-19-15-11-14(17(2,3)4)20-16(21-15)12-6-8-13(18)9-7-12/h6-9,11H,5,10H2,1-4H3,(H,19,20,21). The normalized spacial score (nSPS) is 11.5. The van der Waals surface area contributed by atoms with Crippen LogP contribution >= 0.6 is 0 Å². The lowest BCUT2D eigenvalue weighted by Crippen LogP contribution is -2.16. The predicted molar refractivity (Wildman–Crippen MR) is 84.9 cm³/mol. The van der Waals surface area contributed by atoms with Crippen molar-refractivity contribution in [3.8, 4) is 11.4 Å². The number of anilines is 1. The van der Waals surface area contributed by atoms with Crippen molar-refractivity contribution >= 4 is 5.82 Å². The van der Waals surface area contributed by atoms with E-state index in [0.717, 1.165) is 30.0 Å². The lowest BCUT2D eigenvalue weighted by Gasteiger charge is -2.19. The molecule has 0 aliphatic carbocycles. The van der Waals surface area contributed by atoms with Crippen LogP contribution in [0.3, 0.4) is 0 Å². The topological polar surface area (TPSA) is 37.8 Å². The van der Waals surface area contributed by atoms with Crippen LogP contribution in [-0.4, -0.2) is 16.5 Å². The number of nitrogens with zero attached hydrogens (tertiary/aromatic N) is 2. The Bertz CT molecular complexity index is 600. The summed E-state index contributed by atoms with van der Waals surface area (Å²) in [5.74, 6) is 1.19. The molecule has 0 aliphatic rings. The summed E-state index contributed by atoms with van der Waals surface area (Å²) in [4.78, 5) is 9.18. The zero-order chi connectivity index (χ0) is 15.5. The summed E-state index contributed by atoms with van der Waals surface area (Å²) in [6, 6.07) is 8.27. The minimum atomic E-state index is -0.255.